The van der Waals surface area contributed by atoms with E-state index < -0.39 is 28.5 Å². The maximum atomic E-state index is 14.2. The average molecular weight is 564 g/mol. The van der Waals surface area contributed by atoms with Crippen LogP contribution in [0.2, 0.25) is 0 Å². The number of amides is 2. The van der Waals surface area contributed by atoms with Crippen molar-refractivity contribution < 1.29 is 18.0 Å². The number of rotatable bonds is 13. The van der Waals surface area contributed by atoms with Gasteiger partial charge in [0, 0.05) is 19.5 Å². The van der Waals surface area contributed by atoms with E-state index in [1.807, 2.05) is 87.5 Å². The Balaban J connectivity index is 2.06. The number of sulfonamides is 1. The number of nitrogens with one attached hydrogen (secondary N) is 1. The molecule has 3 aromatic carbocycles. The van der Waals surface area contributed by atoms with Crippen LogP contribution in [-0.4, -0.2) is 50.5 Å². The largest absolute Gasteiger partial charge is 0.354 e. The molecule has 3 aromatic rings. The van der Waals surface area contributed by atoms with Gasteiger partial charge in [-0.1, -0.05) is 85.6 Å². The fourth-order valence-electron chi connectivity index (χ4n) is 4.71. The van der Waals surface area contributed by atoms with Crippen molar-refractivity contribution in [1.29, 1.82) is 0 Å². The molecule has 2 amide bonds. The number of hydrogen-bond acceptors (Lipinski definition) is 4. The number of nitrogens with zero attached hydrogens (tertiary/aromatic N) is 2. The van der Waals surface area contributed by atoms with Crippen LogP contribution in [-0.2, 0) is 32.6 Å². The predicted octanol–water partition coefficient (Wildman–Crippen LogP) is 4.93. The lowest BCUT2D eigenvalue weighted by Crippen LogP contribution is -2.53. The summed E-state index contributed by atoms with van der Waals surface area (Å²) in [5.41, 5.74) is 4.99. The molecule has 0 fully saturated rings. The fraction of sp³-hybridized carbons (Fsp3) is 0.375. The lowest BCUT2D eigenvalue weighted by atomic mass is 10.0. The molecule has 0 radical (unpaired) electrons. The van der Waals surface area contributed by atoms with Gasteiger partial charge in [-0.15, -0.1) is 0 Å². The fourth-order valence-corrected chi connectivity index (χ4v) is 5.62. The summed E-state index contributed by atoms with van der Waals surface area (Å²) < 4.78 is 27.1. The summed E-state index contributed by atoms with van der Waals surface area (Å²) in [6.45, 7) is 8.04. The molecule has 0 saturated carbocycles. The zero-order chi connectivity index (χ0) is 29.3. The minimum Gasteiger partial charge on any atom is -0.354 e. The van der Waals surface area contributed by atoms with Gasteiger partial charge in [0.15, 0.2) is 0 Å². The third-order valence-electron chi connectivity index (χ3n) is 7.00. The summed E-state index contributed by atoms with van der Waals surface area (Å²) in [5.74, 6) is -0.697. The van der Waals surface area contributed by atoms with Crippen molar-refractivity contribution in [2.45, 2.75) is 59.5 Å². The van der Waals surface area contributed by atoms with Crippen LogP contribution in [0.3, 0.4) is 0 Å². The predicted molar refractivity (Wildman–Crippen MR) is 162 cm³/mol. The standard InChI is InChI=1S/C32H41N3O4S/c1-6-7-19-33-32(37)30(21-27-14-9-8-10-15-27)34(22-28-16-12-11-13-25(28)3)31(36)23-35(40(5,38)39)29-18-17-24(2)20-26(29)4/h8-18,20,30H,6-7,19,21-23H2,1-5H3,(H,33,37)/t30-/m0/s1. The smallest absolute Gasteiger partial charge is 0.244 e. The number of aryl methyl sites for hydroxylation is 3. The van der Waals surface area contributed by atoms with Crippen molar-refractivity contribution in [3.05, 3.63) is 101 Å². The molecule has 3 rings (SSSR count). The van der Waals surface area contributed by atoms with Crippen molar-refractivity contribution in [3.63, 3.8) is 0 Å². The van der Waals surface area contributed by atoms with E-state index >= 15 is 0 Å². The van der Waals surface area contributed by atoms with Crippen LogP contribution in [0, 0.1) is 20.8 Å². The van der Waals surface area contributed by atoms with Gasteiger partial charge in [-0.2, -0.15) is 0 Å². The summed E-state index contributed by atoms with van der Waals surface area (Å²) in [7, 11) is -3.80. The Morgan fingerprint density at radius 3 is 2.20 bits per heavy atom. The number of anilines is 1. The molecule has 1 N–H and O–H groups in total. The summed E-state index contributed by atoms with van der Waals surface area (Å²) in [5, 5.41) is 3.01. The summed E-state index contributed by atoms with van der Waals surface area (Å²) in [6, 6.07) is 21.9. The molecule has 40 heavy (non-hydrogen) atoms. The SMILES string of the molecule is CCCCNC(=O)[C@H](Cc1ccccc1)N(Cc1ccccc1C)C(=O)CN(c1ccc(C)cc1C)S(C)(=O)=O. The van der Waals surface area contributed by atoms with Gasteiger partial charge in [0.05, 0.1) is 11.9 Å². The van der Waals surface area contributed by atoms with E-state index in [0.29, 0.717) is 18.7 Å². The van der Waals surface area contributed by atoms with Crippen molar-refractivity contribution in [2.75, 3.05) is 23.7 Å². The minimum atomic E-state index is -3.80. The first-order valence-electron chi connectivity index (χ1n) is 13.7. The highest BCUT2D eigenvalue weighted by Gasteiger charge is 2.33. The van der Waals surface area contributed by atoms with Gasteiger partial charge in [0.2, 0.25) is 21.8 Å². The zero-order valence-corrected chi connectivity index (χ0v) is 25.0. The summed E-state index contributed by atoms with van der Waals surface area (Å²) in [6.07, 6.45) is 3.15. The van der Waals surface area contributed by atoms with E-state index in [1.165, 1.54) is 4.90 Å². The van der Waals surface area contributed by atoms with Gasteiger partial charge in [-0.25, -0.2) is 8.42 Å². The van der Waals surface area contributed by atoms with Crippen molar-refractivity contribution >= 4 is 27.5 Å². The third-order valence-corrected chi connectivity index (χ3v) is 8.13. The van der Waals surface area contributed by atoms with E-state index in [4.69, 9.17) is 0 Å². The first-order chi connectivity index (χ1) is 19.0. The Morgan fingerprint density at radius 2 is 1.57 bits per heavy atom. The number of carbonyl (C=O) groups is 2. The Kier molecular flexibility index (Phi) is 10.9. The Labute approximate surface area is 239 Å². The van der Waals surface area contributed by atoms with Gasteiger partial charge in [0.1, 0.15) is 12.6 Å². The zero-order valence-electron chi connectivity index (χ0n) is 24.2. The maximum absolute atomic E-state index is 14.2. The molecule has 0 aliphatic rings. The van der Waals surface area contributed by atoms with Crippen LogP contribution in [0.4, 0.5) is 5.69 Å². The Hall–Kier alpha value is -3.65. The molecular formula is C32H41N3O4S. The topological polar surface area (TPSA) is 86.8 Å². The summed E-state index contributed by atoms with van der Waals surface area (Å²) in [4.78, 5) is 29.4. The first-order valence-corrected chi connectivity index (χ1v) is 15.6. The van der Waals surface area contributed by atoms with Crippen LogP contribution in [0.1, 0.15) is 47.6 Å². The highest BCUT2D eigenvalue weighted by atomic mass is 32.2. The molecule has 7 nitrogen and oxygen atoms in total. The molecule has 8 heteroatoms. The highest BCUT2D eigenvalue weighted by Crippen LogP contribution is 2.25. The van der Waals surface area contributed by atoms with Crippen molar-refractivity contribution in [3.8, 4) is 0 Å². The normalized spacial score (nSPS) is 12.0. The quantitative estimate of drug-likeness (QED) is 0.299. The first kappa shape index (κ1) is 30.9. The molecule has 0 saturated heterocycles. The molecular weight excluding hydrogens is 522 g/mol. The van der Waals surface area contributed by atoms with E-state index in [9.17, 15) is 18.0 Å². The van der Waals surface area contributed by atoms with Gasteiger partial charge >= 0.3 is 0 Å². The number of carbonyl (C=O) groups excluding carboxylic acids is 2. The summed E-state index contributed by atoms with van der Waals surface area (Å²) >= 11 is 0. The van der Waals surface area contributed by atoms with Crippen LogP contribution in [0.25, 0.3) is 0 Å². The van der Waals surface area contributed by atoms with Crippen LogP contribution in [0.5, 0.6) is 0 Å². The molecule has 0 spiro atoms. The Morgan fingerprint density at radius 1 is 0.900 bits per heavy atom. The molecule has 0 heterocycles. The molecule has 0 unspecified atom stereocenters. The second kappa shape index (κ2) is 14.1. The van der Waals surface area contributed by atoms with Gasteiger partial charge < -0.3 is 10.2 Å². The Bertz CT molecular complexity index is 1410. The van der Waals surface area contributed by atoms with Crippen molar-refractivity contribution in [2.24, 2.45) is 0 Å². The number of hydrogen-bond donors (Lipinski definition) is 1. The van der Waals surface area contributed by atoms with Crippen LogP contribution in [0.15, 0.2) is 72.8 Å². The van der Waals surface area contributed by atoms with E-state index in [1.54, 1.807) is 6.07 Å². The second-order valence-corrected chi connectivity index (χ2v) is 12.3. The van der Waals surface area contributed by atoms with Gasteiger partial charge in [0.25, 0.3) is 0 Å². The third kappa shape index (κ3) is 8.42. The van der Waals surface area contributed by atoms with Crippen molar-refractivity contribution in [1.82, 2.24) is 10.2 Å². The van der Waals surface area contributed by atoms with Gasteiger partial charge in [-0.05, 0) is 55.5 Å². The lowest BCUT2D eigenvalue weighted by molar-refractivity contribution is -0.140. The lowest BCUT2D eigenvalue weighted by Gasteiger charge is -2.34. The molecule has 0 aromatic heterocycles. The molecule has 1 atom stereocenters. The average Bonchev–Trinajstić information content (AvgIpc) is 2.90. The number of unbranched alkanes of at least 4 members (excludes halogenated alkanes) is 1. The minimum absolute atomic E-state index is 0.175. The molecule has 0 aliphatic carbocycles. The second-order valence-electron chi connectivity index (χ2n) is 10.4. The molecule has 0 bridgehead atoms. The maximum Gasteiger partial charge on any atom is 0.244 e. The number of benzene rings is 3. The van der Waals surface area contributed by atoms with Crippen LogP contribution < -0.4 is 9.62 Å². The molecule has 214 valence electrons. The van der Waals surface area contributed by atoms with Crippen LogP contribution >= 0.6 is 0 Å². The van der Waals surface area contributed by atoms with E-state index in [-0.39, 0.29) is 12.5 Å². The van der Waals surface area contributed by atoms with Gasteiger partial charge in [-0.3, -0.25) is 13.9 Å². The highest BCUT2D eigenvalue weighted by molar-refractivity contribution is 7.92. The van der Waals surface area contributed by atoms with E-state index in [2.05, 4.69) is 12.2 Å². The molecule has 0 aliphatic heterocycles. The van der Waals surface area contributed by atoms with E-state index in [0.717, 1.165) is 51.2 Å². The monoisotopic (exact) mass is 563 g/mol.